The van der Waals surface area contributed by atoms with Crippen molar-refractivity contribution in [2.75, 3.05) is 19.8 Å². The van der Waals surface area contributed by atoms with E-state index in [4.69, 9.17) is 9.47 Å². The predicted octanol–water partition coefficient (Wildman–Crippen LogP) is -0.113. The van der Waals surface area contributed by atoms with Gasteiger partial charge in [0.1, 0.15) is 0 Å². The zero-order valence-corrected chi connectivity index (χ0v) is 5.75. The fourth-order valence-electron chi connectivity index (χ4n) is 1.26. The third kappa shape index (κ3) is 1.08. The SMILES string of the molecule is C1=CC(C2OCCO2)NC1. The zero-order chi connectivity index (χ0) is 6.81. The van der Waals surface area contributed by atoms with E-state index < -0.39 is 0 Å². The van der Waals surface area contributed by atoms with Gasteiger partial charge in [-0.25, -0.2) is 0 Å². The molecule has 0 aliphatic carbocycles. The van der Waals surface area contributed by atoms with Crippen LogP contribution in [0.3, 0.4) is 0 Å². The molecule has 56 valence electrons. The first-order valence-electron chi connectivity index (χ1n) is 3.60. The van der Waals surface area contributed by atoms with Crippen LogP contribution in [0, 0.1) is 0 Å². The van der Waals surface area contributed by atoms with Gasteiger partial charge in [-0.1, -0.05) is 12.2 Å². The van der Waals surface area contributed by atoms with Crippen LogP contribution in [-0.4, -0.2) is 32.1 Å². The summed E-state index contributed by atoms with van der Waals surface area (Å²) in [5.41, 5.74) is 0. The molecule has 0 amide bonds. The van der Waals surface area contributed by atoms with Gasteiger partial charge in [0.2, 0.25) is 0 Å². The van der Waals surface area contributed by atoms with Crippen molar-refractivity contribution in [3.05, 3.63) is 12.2 Å². The van der Waals surface area contributed by atoms with E-state index in [1.54, 1.807) is 0 Å². The summed E-state index contributed by atoms with van der Waals surface area (Å²) in [4.78, 5) is 0. The Kier molecular flexibility index (Phi) is 1.71. The quantitative estimate of drug-likeness (QED) is 0.517. The molecule has 2 aliphatic heterocycles. The van der Waals surface area contributed by atoms with Gasteiger partial charge in [-0.15, -0.1) is 0 Å². The number of nitrogens with one attached hydrogen (secondary N) is 1. The predicted molar refractivity (Wildman–Crippen MR) is 36.6 cm³/mol. The van der Waals surface area contributed by atoms with E-state index in [2.05, 4.69) is 17.5 Å². The first-order chi connectivity index (χ1) is 4.97. The van der Waals surface area contributed by atoms with Crippen molar-refractivity contribution in [3.63, 3.8) is 0 Å². The van der Waals surface area contributed by atoms with Crippen LogP contribution >= 0.6 is 0 Å². The Hall–Kier alpha value is -0.380. The van der Waals surface area contributed by atoms with E-state index in [1.165, 1.54) is 0 Å². The third-order valence-electron chi connectivity index (χ3n) is 1.76. The summed E-state index contributed by atoms with van der Waals surface area (Å²) in [5, 5.41) is 3.24. The largest absolute Gasteiger partial charge is 0.348 e. The lowest BCUT2D eigenvalue weighted by molar-refractivity contribution is -0.0542. The molecule has 10 heavy (non-hydrogen) atoms. The molecule has 2 rings (SSSR count). The van der Waals surface area contributed by atoms with Crippen LogP contribution in [0.4, 0.5) is 0 Å². The molecule has 1 unspecified atom stereocenters. The van der Waals surface area contributed by atoms with Gasteiger partial charge in [-0.05, 0) is 0 Å². The summed E-state index contributed by atoms with van der Waals surface area (Å²) >= 11 is 0. The van der Waals surface area contributed by atoms with Crippen molar-refractivity contribution in [3.8, 4) is 0 Å². The number of rotatable bonds is 1. The molecule has 0 aromatic heterocycles. The molecule has 0 radical (unpaired) electrons. The Bertz CT molecular complexity index is 141. The molecule has 0 bridgehead atoms. The molecule has 1 saturated heterocycles. The van der Waals surface area contributed by atoms with Crippen molar-refractivity contribution in [1.82, 2.24) is 5.32 Å². The molecule has 2 heterocycles. The summed E-state index contributed by atoms with van der Waals surface area (Å²) in [6, 6.07) is 0.280. The van der Waals surface area contributed by atoms with Crippen LogP contribution in [-0.2, 0) is 9.47 Å². The van der Waals surface area contributed by atoms with Crippen LogP contribution < -0.4 is 5.32 Å². The first-order valence-corrected chi connectivity index (χ1v) is 3.60. The molecule has 1 fully saturated rings. The highest BCUT2D eigenvalue weighted by Crippen LogP contribution is 2.11. The monoisotopic (exact) mass is 141 g/mol. The van der Waals surface area contributed by atoms with E-state index in [9.17, 15) is 0 Å². The van der Waals surface area contributed by atoms with Gasteiger partial charge in [0.05, 0.1) is 19.3 Å². The standard InChI is InChI=1S/C7H11NO2/c1-2-6(8-3-1)7-9-4-5-10-7/h1-2,6-8H,3-5H2. The maximum atomic E-state index is 5.30. The van der Waals surface area contributed by atoms with Crippen LogP contribution in [0.5, 0.6) is 0 Å². The fourth-order valence-corrected chi connectivity index (χ4v) is 1.26. The lowest BCUT2D eigenvalue weighted by Crippen LogP contribution is -2.35. The Balaban J connectivity index is 1.91. The van der Waals surface area contributed by atoms with E-state index in [-0.39, 0.29) is 12.3 Å². The Morgan fingerprint density at radius 3 is 2.70 bits per heavy atom. The summed E-state index contributed by atoms with van der Waals surface area (Å²) in [7, 11) is 0. The highest BCUT2D eigenvalue weighted by Gasteiger charge is 2.25. The number of hydrogen-bond acceptors (Lipinski definition) is 3. The molecule has 2 aliphatic rings. The van der Waals surface area contributed by atoms with Gasteiger partial charge >= 0.3 is 0 Å². The minimum atomic E-state index is -0.0428. The van der Waals surface area contributed by atoms with Crippen LogP contribution in [0.25, 0.3) is 0 Å². The van der Waals surface area contributed by atoms with Crippen molar-refractivity contribution < 1.29 is 9.47 Å². The van der Waals surface area contributed by atoms with Gasteiger partial charge in [-0.3, -0.25) is 0 Å². The second-order valence-corrected chi connectivity index (χ2v) is 2.47. The molecule has 3 heteroatoms. The topological polar surface area (TPSA) is 30.5 Å². The second-order valence-electron chi connectivity index (χ2n) is 2.47. The molecule has 0 spiro atoms. The van der Waals surface area contributed by atoms with E-state index in [1.807, 2.05) is 0 Å². The number of ether oxygens (including phenoxy) is 2. The molecule has 0 aromatic rings. The van der Waals surface area contributed by atoms with Gasteiger partial charge < -0.3 is 14.8 Å². The molecule has 1 atom stereocenters. The van der Waals surface area contributed by atoms with E-state index >= 15 is 0 Å². The van der Waals surface area contributed by atoms with E-state index in [0.29, 0.717) is 0 Å². The normalized spacial score (nSPS) is 33.8. The first kappa shape index (κ1) is 6.34. The lowest BCUT2D eigenvalue weighted by atomic mass is 10.3. The summed E-state index contributed by atoms with van der Waals surface area (Å²) < 4.78 is 10.6. The fraction of sp³-hybridized carbons (Fsp3) is 0.714. The highest BCUT2D eigenvalue weighted by molar-refractivity contribution is 5.03. The molecular formula is C7H11NO2. The Morgan fingerprint density at radius 1 is 1.30 bits per heavy atom. The van der Waals surface area contributed by atoms with Gasteiger partial charge in [0, 0.05) is 6.54 Å². The average molecular weight is 141 g/mol. The average Bonchev–Trinajstić information content (AvgIpc) is 2.59. The highest BCUT2D eigenvalue weighted by atomic mass is 16.7. The van der Waals surface area contributed by atoms with Crippen LogP contribution in [0.1, 0.15) is 0 Å². The minimum absolute atomic E-state index is 0.0428. The van der Waals surface area contributed by atoms with Crippen LogP contribution in [0.15, 0.2) is 12.2 Å². The minimum Gasteiger partial charge on any atom is -0.348 e. The molecule has 0 aromatic carbocycles. The molecular weight excluding hydrogens is 130 g/mol. The van der Waals surface area contributed by atoms with Gasteiger partial charge in [0.25, 0.3) is 0 Å². The second kappa shape index (κ2) is 2.70. The summed E-state index contributed by atoms with van der Waals surface area (Å²) in [5.74, 6) is 0. The molecule has 1 N–H and O–H groups in total. The Morgan fingerprint density at radius 2 is 2.10 bits per heavy atom. The molecule has 0 saturated carbocycles. The van der Waals surface area contributed by atoms with E-state index in [0.717, 1.165) is 19.8 Å². The van der Waals surface area contributed by atoms with Gasteiger partial charge in [-0.2, -0.15) is 0 Å². The summed E-state index contributed by atoms with van der Waals surface area (Å²) in [6.07, 6.45) is 4.14. The van der Waals surface area contributed by atoms with Crippen molar-refractivity contribution in [2.24, 2.45) is 0 Å². The third-order valence-corrected chi connectivity index (χ3v) is 1.76. The van der Waals surface area contributed by atoms with Crippen molar-refractivity contribution in [2.45, 2.75) is 12.3 Å². The smallest absolute Gasteiger partial charge is 0.176 e. The maximum Gasteiger partial charge on any atom is 0.176 e. The Labute approximate surface area is 60.0 Å². The van der Waals surface area contributed by atoms with Crippen molar-refractivity contribution >= 4 is 0 Å². The van der Waals surface area contributed by atoms with Crippen molar-refractivity contribution in [1.29, 1.82) is 0 Å². The maximum absolute atomic E-state index is 5.30. The summed E-state index contributed by atoms with van der Waals surface area (Å²) in [6.45, 7) is 2.40. The van der Waals surface area contributed by atoms with Crippen LogP contribution in [0.2, 0.25) is 0 Å². The zero-order valence-electron chi connectivity index (χ0n) is 5.75. The lowest BCUT2D eigenvalue weighted by Gasteiger charge is -2.15. The van der Waals surface area contributed by atoms with Gasteiger partial charge in [0.15, 0.2) is 6.29 Å². The number of hydrogen-bond donors (Lipinski definition) is 1. The molecule has 3 nitrogen and oxygen atoms in total.